The molecular formula is C21H26N2O4S. The Labute approximate surface area is 166 Å². The van der Waals surface area contributed by atoms with Gasteiger partial charge in [-0.25, -0.2) is 8.42 Å². The summed E-state index contributed by atoms with van der Waals surface area (Å²) in [5, 5.41) is 0. The van der Waals surface area contributed by atoms with Gasteiger partial charge >= 0.3 is 0 Å². The Balaban J connectivity index is 1.80. The third-order valence-electron chi connectivity index (χ3n) is 4.68. The lowest BCUT2D eigenvalue weighted by Crippen LogP contribution is -2.35. The molecule has 0 bridgehead atoms. The van der Waals surface area contributed by atoms with Gasteiger partial charge in [0.25, 0.3) is 10.0 Å². The van der Waals surface area contributed by atoms with Crippen LogP contribution in [0.4, 0.5) is 11.4 Å². The van der Waals surface area contributed by atoms with Gasteiger partial charge < -0.3 is 9.64 Å². The van der Waals surface area contributed by atoms with Crippen molar-refractivity contribution in [1.82, 2.24) is 0 Å². The standard InChI is InChI=1S/C21H26N2O4S/c1-3-14-27-18-9-11-19(12-10-18)28(25,26)22-17-8-7-16(2)20(15-17)23-13-5-4-6-21(23)24/h7-12,15,22H,3-6,13-14H2,1-2H3. The van der Waals surface area contributed by atoms with Gasteiger partial charge in [-0.2, -0.15) is 0 Å². The first-order valence-corrected chi connectivity index (χ1v) is 11.1. The van der Waals surface area contributed by atoms with Crippen LogP contribution in [-0.2, 0) is 14.8 Å². The smallest absolute Gasteiger partial charge is 0.261 e. The Morgan fingerprint density at radius 3 is 2.54 bits per heavy atom. The van der Waals surface area contributed by atoms with Crippen molar-refractivity contribution in [3.8, 4) is 5.75 Å². The first-order chi connectivity index (χ1) is 13.4. The molecule has 2 aromatic carbocycles. The topological polar surface area (TPSA) is 75.7 Å². The second-order valence-electron chi connectivity index (χ2n) is 6.93. The summed E-state index contributed by atoms with van der Waals surface area (Å²) in [6.45, 7) is 5.18. The van der Waals surface area contributed by atoms with Gasteiger partial charge in [0.2, 0.25) is 5.91 Å². The molecule has 1 aliphatic heterocycles. The molecule has 7 heteroatoms. The Morgan fingerprint density at radius 2 is 1.86 bits per heavy atom. The zero-order valence-electron chi connectivity index (χ0n) is 16.3. The fourth-order valence-corrected chi connectivity index (χ4v) is 4.22. The monoisotopic (exact) mass is 402 g/mol. The van der Waals surface area contributed by atoms with Gasteiger partial charge in [-0.3, -0.25) is 9.52 Å². The molecule has 6 nitrogen and oxygen atoms in total. The van der Waals surface area contributed by atoms with E-state index in [4.69, 9.17) is 4.74 Å². The van der Waals surface area contributed by atoms with Gasteiger partial charge in [0.1, 0.15) is 5.75 Å². The van der Waals surface area contributed by atoms with E-state index in [-0.39, 0.29) is 10.8 Å². The zero-order chi connectivity index (χ0) is 20.1. The summed E-state index contributed by atoms with van der Waals surface area (Å²) in [5.41, 5.74) is 2.13. The molecular weight excluding hydrogens is 376 g/mol. The second kappa shape index (κ2) is 8.65. The van der Waals surface area contributed by atoms with E-state index in [1.54, 1.807) is 29.2 Å². The minimum absolute atomic E-state index is 0.0806. The Kier molecular flexibility index (Phi) is 6.24. The second-order valence-corrected chi connectivity index (χ2v) is 8.61. The van der Waals surface area contributed by atoms with Crippen molar-refractivity contribution in [2.75, 3.05) is 22.8 Å². The maximum absolute atomic E-state index is 12.7. The van der Waals surface area contributed by atoms with Crippen LogP contribution in [0.2, 0.25) is 0 Å². The summed E-state index contributed by atoms with van der Waals surface area (Å²) >= 11 is 0. The Bertz CT molecular complexity index is 939. The predicted molar refractivity (Wildman–Crippen MR) is 110 cm³/mol. The number of amides is 1. The largest absolute Gasteiger partial charge is 0.494 e. The molecule has 0 aromatic heterocycles. The number of hydrogen-bond acceptors (Lipinski definition) is 4. The summed E-state index contributed by atoms with van der Waals surface area (Å²) < 4.78 is 33.6. The minimum Gasteiger partial charge on any atom is -0.494 e. The summed E-state index contributed by atoms with van der Waals surface area (Å²) in [6.07, 6.45) is 3.27. The summed E-state index contributed by atoms with van der Waals surface area (Å²) in [5.74, 6) is 0.721. The summed E-state index contributed by atoms with van der Waals surface area (Å²) in [6, 6.07) is 11.6. The van der Waals surface area contributed by atoms with Crippen LogP contribution in [0.15, 0.2) is 47.4 Å². The molecule has 28 heavy (non-hydrogen) atoms. The van der Waals surface area contributed by atoms with E-state index in [1.807, 2.05) is 19.9 Å². The number of piperidine rings is 1. The number of carbonyl (C=O) groups is 1. The van der Waals surface area contributed by atoms with Crippen LogP contribution in [-0.4, -0.2) is 27.5 Å². The number of rotatable bonds is 7. The quantitative estimate of drug-likeness (QED) is 0.756. The van der Waals surface area contributed by atoms with E-state index < -0.39 is 10.0 Å². The normalized spacial score (nSPS) is 14.8. The van der Waals surface area contributed by atoms with E-state index in [0.29, 0.717) is 31.0 Å². The van der Waals surface area contributed by atoms with Crippen LogP contribution in [0.5, 0.6) is 5.75 Å². The van der Waals surface area contributed by atoms with Crippen LogP contribution < -0.4 is 14.4 Å². The van der Waals surface area contributed by atoms with Gasteiger partial charge in [-0.05, 0) is 68.1 Å². The number of hydrogen-bond donors (Lipinski definition) is 1. The molecule has 1 saturated heterocycles. The molecule has 0 aliphatic carbocycles. The van der Waals surface area contributed by atoms with Gasteiger partial charge in [-0.1, -0.05) is 13.0 Å². The summed E-state index contributed by atoms with van der Waals surface area (Å²) in [4.78, 5) is 14.2. The van der Waals surface area contributed by atoms with Crippen molar-refractivity contribution in [1.29, 1.82) is 0 Å². The number of ether oxygens (including phenoxy) is 1. The Hall–Kier alpha value is -2.54. The van der Waals surface area contributed by atoms with Gasteiger partial charge in [0, 0.05) is 18.7 Å². The van der Waals surface area contributed by atoms with Gasteiger partial charge in [-0.15, -0.1) is 0 Å². The first kappa shape index (κ1) is 20.2. The molecule has 0 radical (unpaired) electrons. The number of nitrogens with one attached hydrogen (secondary N) is 1. The zero-order valence-corrected chi connectivity index (χ0v) is 17.1. The van der Waals surface area contributed by atoms with E-state index in [9.17, 15) is 13.2 Å². The van der Waals surface area contributed by atoms with Gasteiger partial charge in [0.05, 0.1) is 17.2 Å². The summed E-state index contributed by atoms with van der Waals surface area (Å²) in [7, 11) is -3.73. The third-order valence-corrected chi connectivity index (χ3v) is 6.08. The highest BCUT2D eigenvalue weighted by atomic mass is 32.2. The molecule has 3 rings (SSSR count). The lowest BCUT2D eigenvalue weighted by Gasteiger charge is -2.28. The average Bonchev–Trinajstić information content (AvgIpc) is 2.68. The van der Waals surface area contributed by atoms with Crippen LogP contribution in [0, 0.1) is 6.92 Å². The molecule has 1 heterocycles. The molecule has 0 spiro atoms. The third kappa shape index (κ3) is 4.65. The van der Waals surface area contributed by atoms with Crippen molar-refractivity contribution in [2.45, 2.75) is 44.4 Å². The number of anilines is 2. The highest BCUT2D eigenvalue weighted by Crippen LogP contribution is 2.29. The lowest BCUT2D eigenvalue weighted by atomic mass is 10.1. The van der Waals surface area contributed by atoms with Gasteiger partial charge in [0.15, 0.2) is 0 Å². The molecule has 1 fully saturated rings. The highest BCUT2D eigenvalue weighted by molar-refractivity contribution is 7.92. The van der Waals surface area contributed by atoms with E-state index in [0.717, 1.165) is 30.5 Å². The fraction of sp³-hybridized carbons (Fsp3) is 0.381. The van der Waals surface area contributed by atoms with Crippen molar-refractivity contribution < 1.29 is 17.9 Å². The number of benzene rings is 2. The molecule has 1 N–H and O–H groups in total. The van der Waals surface area contributed by atoms with Crippen LogP contribution in [0.25, 0.3) is 0 Å². The van der Waals surface area contributed by atoms with Crippen molar-refractivity contribution in [3.63, 3.8) is 0 Å². The van der Waals surface area contributed by atoms with Crippen LogP contribution in [0.3, 0.4) is 0 Å². The fourth-order valence-electron chi connectivity index (χ4n) is 3.17. The number of carbonyl (C=O) groups excluding carboxylic acids is 1. The molecule has 0 atom stereocenters. The first-order valence-electron chi connectivity index (χ1n) is 9.57. The SMILES string of the molecule is CCCOc1ccc(S(=O)(=O)Nc2ccc(C)c(N3CCCCC3=O)c2)cc1. The van der Waals surface area contributed by atoms with E-state index >= 15 is 0 Å². The van der Waals surface area contributed by atoms with Crippen molar-refractivity contribution >= 4 is 27.3 Å². The maximum Gasteiger partial charge on any atom is 0.261 e. The number of nitrogens with zero attached hydrogens (tertiary/aromatic N) is 1. The van der Waals surface area contributed by atoms with E-state index in [2.05, 4.69) is 4.72 Å². The molecule has 0 unspecified atom stereocenters. The number of aryl methyl sites for hydroxylation is 1. The molecule has 2 aromatic rings. The molecule has 0 saturated carbocycles. The van der Waals surface area contributed by atoms with E-state index in [1.165, 1.54) is 12.1 Å². The predicted octanol–water partition coefficient (Wildman–Crippen LogP) is 4.10. The molecule has 1 aliphatic rings. The van der Waals surface area contributed by atoms with Crippen LogP contribution >= 0.6 is 0 Å². The molecule has 150 valence electrons. The maximum atomic E-state index is 12.7. The highest BCUT2D eigenvalue weighted by Gasteiger charge is 2.22. The van der Waals surface area contributed by atoms with Crippen LogP contribution in [0.1, 0.15) is 38.2 Å². The minimum atomic E-state index is -3.73. The Morgan fingerprint density at radius 1 is 1.11 bits per heavy atom. The van der Waals surface area contributed by atoms with Crippen molar-refractivity contribution in [3.05, 3.63) is 48.0 Å². The number of sulfonamides is 1. The lowest BCUT2D eigenvalue weighted by molar-refractivity contribution is -0.119. The van der Waals surface area contributed by atoms with Crippen molar-refractivity contribution in [2.24, 2.45) is 0 Å². The average molecular weight is 403 g/mol. The molecule has 1 amide bonds.